The van der Waals surface area contributed by atoms with E-state index in [9.17, 15) is 4.79 Å². The number of aromatic amines is 1. The molecular formula is C24H20N6O3. The number of aromatic nitrogens is 5. The van der Waals surface area contributed by atoms with Gasteiger partial charge in [-0.2, -0.15) is 5.26 Å². The second kappa shape index (κ2) is 8.67. The Labute approximate surface area is 189 Å². The molecule has 5 rings (SSSR count). The number of pyridine rings is 1. The lowest BCUT2D eigenvalue weighted by molar-refractivity contribution is -0.143. The van der Waals surface area contributed by atoms with Crippen LogP contribution in [0.4, 0.5) is 0 Å². The summed E-state index contributed by atoms with van der Waals surface area (Å²) in [4.78, 5) is 32.0. The van der Waals surface area contributed by atoms with Crippen molar-refractivity contribution in [2.24, 2.45) is 5.92 Å². The maximum Gasteiger partial charge on any atom is 0.316 e. The minimum atomic E-state index is -0.735. The topological polar surface area (TPSA) is 138 Å². The molecule has 0 radical (unpaired) electrons. The third kappa shape index (κ3) is 4.36. The Balaban J connectivity index is 1.26. The van der Waals surface area contributed by atoms with E-state index in [-0.39, 0.29) is 18.0 Å². The van der Waals surface area contributed by atoms with Crippen LogP contribution in [0.2, 0.25) is 0 Å². The van der Waals surface area contributed by atoms with Crippen LogP contribution in [0.15, 0.2) is 48.9 Å². The van der Waals surface area contributed by atoms with E-state index in [4.69, 9.17) is 15.1 Å². The van der Waals surface area contributed by atoms with E-state index in [2.05, 4.69) is 31.0 Å². The van der Waals surface area contributed by atoms with Gasteiger partial charge in [0.25, 0.3) is 0 Å². The van der Waals surface area contributed by atoms with Crippen LogP contribution in [-0.2, 0) is 4.79 Å². The summed E-state index contributed by atoms with van der Waals surface area (Å²) < 4.78 is 5.83. The van der Waals surface area contributed by atoms with Crippen molar-refractivity contribution in [2.75, 3.05) is 0 Å². The van der Waals surface area contributed by atoms with Crippen molar-refractivity contribution in [3.05, 3.63) is 54.5 Å². The predicted octanol–water partition coefficient (Wildman–Crippen LogP) is 3.98. The quantitative estimate of drug-likeness (QED) is 0.475. The first-order valence-electron chi connectivity index (χ1n) is 10.7. The lowest BCUT2D eigenvalue weighted by Gasteiger charge is -2.25. The molecule has 0 bridgehead atoms. The van der Waals surface area contributed by atoms with E-state index in [1.54, 1.807) is 30.7 Å². The number of fused-ring (bicyclic) bond motifs is 1. The molecule has 9 nitrogen and oxygen atoms in total. The van der Waals surface area contributed by atoms with Gasteiger partial charge in [-0.25, -0.2) is 15.0 Å². The summed E-state index contributed by atoms with van der Waals surface area (Å²) in [5.41, 5.74) is 4.46. The smallest absolute Gasteiger partial charge is 0.316 e. The number of ether oxygens (including phenoxy) is 1. The first-order chi connectivity index (χ1) is 16.1. The van der Waals surface area contributed by atoms with Gasteiger partial charge in [-0.15, -0.1) is 0 Å². The van der Waals surface area contributed by atoms with Crippen LogP contribution >= 0.6 is 0 Å². The van der Waals surface area contributed by atoms with Crippen molar-refractivity contribution in [2.45, 2.75) is 31.8 Å². The van der Waals surface area contributed by atoms with Crippen LogP contribution < -0.4 is 4.74 Å². The predicted molar refractivity (Wildman–Crippen MR) is 119 cm³/mol. The normalized spacial score (nSPS) is 18.0. The molecule has 0 amide bonds. The highest BCUT2D eigenvalue weighted by molar-refractivity contribution is 5.80. The number of carbonyl (C=O) groups is 1. The maximum atomic E-state index is 11.1. The molecule has 1 aliphatic carbocycles. The van der Waals surface area contributed by atoms with Crippen molar-refractivity contribution < 1.29 is 14.6 Å². The van der Waals surface area contributed by atoms with Crippen LogP contribution in [0.3, 0.4) is 0 Å². The fourth-order valence-corrected chi connectivity index (χ4v) is 4.01. The van der Waals surface area contributed by atoms with Crippen LogP contribution in [0.5, 0.6) is 6.01 Å². The van der Waals surface area contributed by atoms with Gasteiger partial charge in [0.15, 0.2) is 0 Å². The Bertz CT molecular complexity index is 1330. The van der Waals surface area contributed by atoms with Crippen molar-refractivity contribution in [1.29, 1.82) is 5.26 Å². The lowest BCUT2D eigenvalue weighted by Crippen LogP contribution is -2.28. The zero-order chi connectivity index (χ0) is 22.8. The lowest BCUT2D eigenvalue weighted by atomic mass is 9.87. The molecule has 164 valence electrons. The monoisotopic (exact) mass is 440 g/mol. The number of H-pyrrole nitrogens is 1. The highest BCUT2D eigenvalue weighted by Crippen LogP contribution is 2.27. The minimum absolute atomic E-state index is 0.0584. The summed E-state index contributed by atoms with van der Waals surface area (Å²) in [7, 11) is 0. The standard InChI is InChI=1S/C24H20N6O3/c25-10-14-1-7-20-21(9-14)30-22(29-20)16-4-8-19(26-11-16)17-12-27-24(28-13-17)33-18-5-2-15(3-6-18)23(31)32/h1,4,7-9,11-13,15,18H,2-3,5-6H2,(H,29,30)(H,31,32)/t15-,18+. The SMILES string of the molecule is N#Cc1ccc2nc(-c3ccc(-c4cnc(O[C@H]5CC[C@@H](C(=O)O)CC5)nc4)nc3)[nH]c2c1. The van der Waals surface area contributed by atoms with Gasteiger partial charge in [-0.3, -0.25) is 9.78 Å². The molecule has 0 saturated heterocycles. The number of rotatable bonds is 5. The first kappa shape index (κ1) is 20.6. The van der Waals surface area contributed by atoms with Gasteiger partial charge >= 0.3 is 12.0 Å². The Kier molecular flexibility index (Phi) is 5.40. The molecule has 1 aliphatic rings. The molecule has 1 fully saturated rings. The number of nitriles is 1. The summed E-state index contributed by atoms with van der Waals surface area (Å²) in [6, 6.07) is 11.5. The number of carboxylic acid groups (broad SMARTS) is 1. The Hall–Kier alpha value is -4.32. The van der Waals surface area contributed by atoms with Crippen LogP contribution in [-0.4, -0.2) is 42.1 Å². The fraction of sp³-hybridized carbons (Fsp3) is 0.250. The Morgan fingerprint density at radius 2 is 1.79 bits per heavy atom. The Morgan fingerprint density at radius 3 is 2.45 bits per heavy atom. The first-order valence-corrected chi connectivity index (χ1v) is 10.7. The molecule has 0 unspecified atom stereocenters. The molecule has 1 aromatic carbocycles. The van der Waals surface area contributed by atoms with Crippen molar-refractivity contribution in [3.8, 4) is 34.7 Å². The van der Waals surface area contributed by atoms with E-state index in [0.717, 1.165) is 27.9 Å². The molecule has 2 N–H and O–H groups in total. The minimum Gasteiger partial charge on any atom is -0.481 e. The number of carboxylic acids is 1. The van der Waals surface area contributed by atoms with Crippen molar-refractivity contribution in [1.82, 2.24) is 24.9 Å². The largest absolute Gasteiger partial charge is 0.481 e. The number of hydrogen-bond acceptors (Lipinski definition) is 7. The zero-order valence-electron chi connectivity index (χ0n) is 17.6. The third-order valence-electron chi connectivity index (χ3n) is 5.87. The summed E-state index contributed by atoms with van der Waals surface area (Å²) >= 11 is 0. The maximum absolute atomic E-state index is 11.1. The summed E-state index contributed by atoms with van der Waals surface area (Å²) in [6.07, 6.45) is 7.59. The zero-order valence-corrected chi connectivity index (χ0v) is 17.6. The van der Waals surface area contributed by atoms with E-state index in [0.29, 0.717) is 37.1 Å². The van der Waals surface area contributed by atoms with Gasteiger partial charge in [0.2, 0.25) is 0 Å². The molecule has 0 spiro atoms. The molecule has 3 aromatic heterocycles. The Morgan fingerprint density at radius 1 is 1.03 bits per heavy atom. The molecule has 9 heteroatoms. The number of aliphatic carboxylic acids is 1. The second-order valence-corrected chi connectivity index (χ2v) is 8.05. The van der Waals surface area contributed by atoms with Crippen molar-refractivity contribution >= 4 is 17.0 Å². The number of nitrogens with one attached hydrogen (secondary N) is 1. The third-order valence-corrected chi connectivity index (χ3v) is 5.87. The van der Waals surface area contributed by atoms with Gasteiger partial charge in [0.1, 0.15) is 11.9 Å². The van der Waals surface area contributed by atoms with Gasteiger partial charge in [-0.05, 0) is 56.0 Å². The molecule has 33 heavy (non-hydrogen) atoms. The number of benzene rings is 1. The van der Waals surface area contributed by atoms with E-state index in [1.165, 1.54) is 0 Å². The molecule has 4 aromatic rings. The van der Waals surface area contributed by atoms with Gasteiger partial charge in [0.05, 0.1) is 34.3 Å². The van der Waals surface area contributed by atoms with Crippen molar-refractivity contribution in [3.63, 3.8) is 0 Å². The van der Waals surface area contributed by atoms with Crippen LogP contribution in [0, 0.1) is 17.2 Å². The van der Waals surface area contributed by atoms with Crippen LogP contribution in [0.25, 0.3) is 33.7 Å². The van der Waals surface area contributed by atoms with Crippen LogP contribution in [0.1, 0.15) is 31.2 Å². The molecular weight excluding hydrogens is 420 g/mol. The van der Waals surface area contributed by atoms with E-state index in [1.807, 2.05) is 18.2 Å². The average Bonchev–Trinajstić information content (AvgIpc) is 3.28. The average molecular weight is 440 g/mol. The van der Waals surface area contributed by atoms with E-state index >= 15 is 0 Å². The second-order valence-electron chi connectivity index (χ2n) is 8.05. The van der Waals surface area contributed by atoms with Gasteiger partial charge < -0.3 is 14.8 Å². The number of imidazole rings is 1. The fourth-order valence-electron chi connectivity index (χ4n) is 4.01. The molecule has 1 saturated carbocycles. The summed E-state index contributed by atoms with van der Waals surface area (Å²) in [5, 5.41) is 18.2. The van der Waals surface area contributed by atoms with Gasteiger partial charge in [-0.1, -0.05) is 0 Å². The molecule has 0 atom stereocenters. The summed E-state index contributed by atoms with van der Waals surface area (Å²) in [6.45, 7) is 0. The molecule has 3 heterocycles. The highest BCUT2D eigenvalue weighted by atomic mass is 16.5. The number of nitrogens with zero attached hydrogens (tertiary/aromatic N) is 5. The van der Waals surface area contributed by atoms with E-state index < -0.39 is 5.97 Å². The summed E-state index contributed by atoms with van der Waals surface area (Å²) in [5.74, 6) is -0.338. The highest BCUT2D eigenvalue weighted by Gasteiger charge is 2.27. The number of hydrogen-bond donors (Lipinski definition) is 2. The molecule has 0 aliphatic heterocycles. The van der Waals surface area contributed by atoms with Gasteiger partial charge in [0, 0.05) is 29.7 Å².